The third-order valence-corrected chi connectivity index (χ3v) is 3.96. The normalized spacial score (nSPS) is 22.5. The van der Waals surface area contributed by atoms with Gasteiger partial charge in [-0.15, -0.1) is 0 Å². The van der Waals surface area contributed by atoms with Crippen molar-refractivity contribution in [1.82, 2.24) is 0 Å². The molecule has 0 aliphatic heterocycles. The highest BCUT2D eigenvalue weighted by molar-refractivity contribution is 5.68. The molecule has 3 nitrogen and oxygen atoms in total. The predicted molar refractivity (Wildman–Crippen MR) is 77.0 cm³/mol. The molecular formula is C16H30O3. The van der Waals surface area contributed by atoms with Crippen molar-refractivity contribution in [2.45, 2.75) is 72.3 Å². The Morgan fingerprint density at radius 2 is 2.05 bits per heavy atom. The summed E-state index contributed by atoms with van der Waals surface area (Å²) in [6, 6.07) is 0. The lowest BCUT2D eigenvalue weighted by molar-refractivity contribution is -0.153. The van der Waals surface area contributed by atoms with Crippen LogP contribution >= 0.6 is 0 Å². The van der Waals surface area contributed by atoms with Crippen molar-refractivity contribution in [3.63, 3.8) is 0 Å². The maximum atomic E-state index is 11.1. The zero-order valence-electron chi connectivity index (χ0n) is 13.3. The third-order valence-electron chi connectivity index (χ3n) is 3.96. The predicted octanol–water partition coefficient (Wildman–Crippen LogP) is 3.95. The average molecular weight is 270 g/mol. The van der Waals surface area contributed by atoms with E-state index in [0.717, 1.165) is 18.9 Å². The van der Waals surface area contributed by atoms with E-state index in [0.29, 0.717) is 18.4 Å². The van der Waals surface area contributed by atoms with E-state index in [4.69, 9.17) is 9.47 Å². The summed E-state index contributed by atoms with van der Waals surface area (Å²) in [6.45, 7) is 11.6. The zero-order valence-corrected chi connectivity index (χ0v) is 13.3. The number of carbonyl (C=O) groups is 1. The molecule has 0 spiro atoms. The van der Waals surface area contributed by atoms with Crippen molar-refractivity contribution < 1.29 is 14.3 Å². The quantitative estimate of drug-likeness (QED) is 0.657. The number of esters is 1. The van der Waals surface area contributed by atoms with E-state index in [1.807, 2.05) is 13.8 Å². The molecule has 0 N–H and O–H groups in total. The highest BCUT2D eigenvalue weighted by Crippen LogP contribution is 2.42. The van der Waals surface area contributed by atoms with Gasteiger partial charge >= 0.3 is 5.97 Å². The minimum Gasteiger partial charge on any atom is -0.463 e. The lowest BCUT2D eigenvalue weighted by Crippen LogP contribution is -2.32. The van der Waals surface area contributed by atoms with Gasteiger partial charge in [-0.25, -0.2) is 0 Å². The maximum absolute atomic E-state index is 11.1. The Labute approximate surface area is 118 Å². The number of hydrogen-bond acceptors (Lipinski definition) is 3. The Morgan fingerprint density at radius 3 is 2.58 bits per heavy atom. The van der Waals surface area contributed by atoms with Crippen LogP contribution in [0.5, 0.6) is 0 Å². The Hall–Kier alpha value is -0.570. The van der Waals surface area contributed by atoms with Crippen LogP contribution in [0.4, 0.5) is 0 Å². The van der Waals surface area contributed by atoms with Gasteiger partial charge < -0.3 is 9.47 Å². The van der Waals surface area contributed by atoms with Gasteiger partial charge in [0.2, 0.25) is 0 Å². The molecule has 1 fully saturated rings. The van der Waals surface area contributed by atoms with Crippen LogP contribution in [0.3, 0.4) is 0 Å². The summed E-state index contributed by atoms with van der Waals surface area (Å²) >= 11 is 0. The summed E-state index contributed by atoms with van der Waals surface area (Å²) in [4.78, 5) is 11.1. The highest BCUT2D eigenvalue weighted by Gasteiger charge is 2.31. The first-order valence-electron chi connectivity index (χ1n) is 7.54. The van der Waals surface area contributed by atoms with Crippen LogP contribution in [-0.2, 0) is 14.3 Å². The van der Waals surface area contributed by atoms with E-state index in [9.17, 15) is 4.79 Å². The number of ether oxygens (including phenoxy) is 2. The van der Waals surface area contributed by atoms with Gasteiger partial charge in [-0.1, -0.05) is 20.8 Å². The van der Waals surface area contributed by atoms with Gasteiger partial charge in [-0.3, -0.25) is 4.79 Å². The minimum atomic E-state index is -0.376. The second kappa shape index (κ2) is 6.74. The van der Waals surface area contributed by atoms with E-state index < -0.39 is 0 Å². The number of carbonyl (C=O) groups excluding carboxylic acids is 1. The number of rotatable bonds is 7. The minimum absolute atomic E-state index is 0.158. The first-order valence-corrected chi connectivity index (χ1v) is 7.54. The fourth-order valence-corrected chi connectivity index (χ4v) is 2.73. The summed E-state index contributed by atoms with van der Waals surface area (Å²) in [7, 11) is 0. The molecule has 1 saturated carbocycles. The average Bonchev–Trinajstić information content (AvgIpc) is 2.66. The summed E-state index contributed by atoms with van der Waals surface area (Å²) < 4.78 is 11.0. The van der Waals surface area contributed by atoms with Crippen LogP contribution in [0.1, 0.15) is 66.7 Å². The maximum Gasteiger partial charge on any atom is 0.305 e. The monoisotopic (exact) mass is 270 g/mol. The molecule has 1 rings (SSSR count). The van der Waals surface area contributed by atoms with Crippen LogP contribution in [-0.4, -0.2) is 24.8 Å². The Morgan fingerprint density at radius 1 is 1.37 bits per heavy atom. The van der Waals surface area contributed by atoms with E-state index >= 15 is 0 Å². The fourth-order valence-electron chi connectivity index (χ4n) is 2.73. The molecule has 0 aromatic rings. The SMILES string of the molecule is CCC(=O)OCC(C)(C)OCC[C@H]1CCC(C)(C)C1. The molecule has 19 heavy (non-hydrogen) atoms. The zero-order chi connectivity index (χ0) is 14.5. The van der Waals surface area contributed by atoms with Crippen molar-refractivity contribution >= 4 is 5.97 Å². The van der Waals surface area contributed by atoms with Gasteiger partial charge in [-0.05, 0) is 50.9 Å². The van der Waals surface area contributed by atoms with Gasteiger partial charge in [0.1, 0.15) is 6.61 Å². The summed E-state index contributed by atoms with van der Waals surface area (Å²) in [6.07, 6.45) is 5.50. The van der Waals surface area contributed by atoms with Gasteiger partial charge in [0, 0.05) is 13.0 Å². The molecule has 1 atom stereocenters. The van der Waals surface area contributed by atoms with Gasteiger partial charge in [-0.2, -0.15) is 0 Å². The van der Waals surface area contributed by atoms with Crippen molar-refractivity contribution in [2.24, 2.45) is 11.3 Å². The second-order valence-electron chi connectivity index (χ2n) is 7.18. The highest BCUT2D eigenvalue weighted by atomic mass is 16.6. The molecule has 0 radical (unpaired) electrons. The molecule has 1 aliphatic carbocycles. The largest absolute Gasteiger partial charge is 0.463 e. The number of hydrogen-bond donors (Lipinski definition) is 0. The van der Waals surface area contributed by atoms with Crippen LogP contribution < -0.4 is 0 Å². The molecular weight excluding hydrogens is 240 g/mol. The van der Waals surface area contributed by atoms with Crippen LogP contribution in [0.2, 0.25) is 0 Å². The van der Waals surface area contributed by atoms with Crippen molar-refractivity contribution in [2.75, 3.05) is 13.2 Å². The molecule has 0 bridgehead atoms. The summed E-state index contributed by atoms with van der Waals surface area (Å²) in [5.41, 5.74) is 0.135. The lowest BCUT2D eigenvalue weighted by atomic mass is 9.90. The molecule has 1 aliphatic rings. The second-order valence-corrected chi connectivity index (χ2v) is 7.18. The van der Waals surface area contributed by atoms with Crippen molar-refractivity contribution in [1.29, 1.82) is 0 Å². The Kier molecular flexibility index (Phi) is 5.84. The fraction of sp³-hybridized carbons (Fsp3) is 0.938. The lowest BCUT2D eigenvalue weighted by Gasteiger charge is -2.25. The van der Waals surface area contributed by atoms with Gasteiger partial charge in [0.15, 0.2) is 0 Å². The molecule has 112 valence electrons. The summed E-state index contributed by atoms with van der Waals surface area (Å²) in [5.74, 6) is 0.637. The molecule has 0 aromatic heterocycles. The summed E-state index contributed by atoms with van der Waals surface area (Å²) in [5, 5.41) is 0. The van der Waals surface area contributed by atoms with Gasteiger partial charge in [0.05, 0.1) is 5.60 Å². The molecule has 0 heterocycles. The van der Waals surface area contributed by atoms with E-state index in [1.165, 1.54) is 19.3 Å². The topological polar surface area (TPSA) is 35.5 Å². The first kappa shape index (κ1) is 16.5. The smallest absolute Gasteiger partial charge is 0.305 e. The van der Waals surface area contributed by atoms with E-state index in [-0.39, 0.29) is 11.6 Å². The van der Waals surface area contributed by atoms with Crippen molar-refractivity contribution in [3.05, 3.63) is 0 Å². The van der Waals surface area contributed by atoms with E-state index in [2.05, 4.69) is 13.8 Å². The molecule has 0 aromatic carbocycles. The third kappa shape index (κ3) is 6.42. The Balaban J connectivity index is 2.19. The van der Waals surface area contributed by atoms with Crippen molar-refractivity contribution in [3.8, 4) is 0 Å². The van der Waals surface area contributed by atoms with E-state index in [1.54, 1.807) is 6.92 Å². The van der Waals surface area contributed by atoms with Crippen LogP contribution in [0.15, 0.2) is 0 Å². The molecule has 0 unspecified atom stereocenters. The van der Waals surface area contributed by atoms with Crippen LogP contribution in [0, 0.1) is 11.3 Å². The Bertz CT molecular complexity index is 294. The first-order chi connectivity index (χ1) is 8.74. The molecule has 3 heteroatoms. The molecule has 0 amide bonds. The standard InChI is InChI=1S/C16H30O3/c1-6-14(17)18-12-16(4,5)19-10-8-13-7-9-15(2,3)11-13/h13H,6-12H2,1-5H3/t13-/m1/s1. The van der Waals surface area contributed by atoms with Gasteiger partial charge in [0.25, 0.3) is 0 Å². The molecule has 0 saturated heterocycles. The van der Waals surface area contributed by atoms with Crippen LogP contribution in [0.25, 0.3) is 0 Å².